The first-order valence-electron chi connectivity index (χ1n) is 11.4. The number of carbonyl (C=O) groups is 6. The van der Waals surface area contributed by atoms with E-state index in [-0.39, 0.29) is 25.9 Å². The van der Waals surface area contributed by atoms with Crippen molar-refractivity contribution in [2.45, 2.75) is 49.0 Å². The minimum atomic E-state index is -1.50. The Morgan fingerprint density at radius 1 is 1.14 bits per heavy atom. The molecular weight excluding hydrogens is 506 g/mol. The molecular formula is C23H31N5O8S. The second-order valence-electron chi connectivity index (χ2n) is 8.68. The number of nitrogens with zero attached hydrogens (tertiary/aromatic N) is 1. The molecule has 14 heteroatoms. The van der Waals surface area contributed by atoms with Crippen LogP contribution in [-0.2, 0) is 24.0 Å². The summed E-state index contributed by atoms with van der Waals surface area (Å²) < 4.78 is -0.844. The van der Waals surface area contributed by atoms with Gasteiger partial charge in [-0.25, -0.2) is 9.59 Å². The van der Waals surface area contributed by atoms with Crippen LogP contribution in [0.1, 0.15) is 32.4 Å². The van der Waals surface area contributed by atoms with Gasteiger partial charge in [0.2, 0.25) is 12.2 Å². The maximum absolute atomic E-state index is 13.2. The summed E-state index contributed by atoms with van der Waals surface area (Å²) in [6.45, 7) is 5.31. The van der Waals surface area contributed by atoms with Gasteiger partial charge in [0.15, 0.2) is 6.04 Å². The number of hydrogen-bond donors (Lipinski definition) is 6. The maximum Gasteiger partial charge on any atom is 0.328 e. The van der Waals surface area contributed by atoms with Gasteiger partial charge in [-0.15, -0.1) is 11.8 Å². The number of aliphatic carboxylic acids is 2. The summed E-state index contributed by atoms with van der Waals surface area (Å²) in [4.78, 5) is 72.8. The zero-order valence-corrected chi connectivity index (χ0v) is 21.4. The van der Waals surface area contributed by atoms with Gasteiger partial charge < -0.3 is 31.1 Å². The average molecular weight is 538 g/mol. The SMILES string of the molecule is CCN(CCNC(=O)N[C@@H](C(=O)NC(C(=O)O)C1N[C@@H](C(=O)O)C(C)(C)S1)c1ccccc1)C(=O)C=O. The standard InChI is InChI=1S/C23H31N5O8S/c1-4-28(14(30)12-29)11-10-24-22(36)26-15(13-8-6-5-7-9-13)18(31)25-16(20(32)33)19-27-17(21(34)35)23(2,3)37-19/h5-9,12,15-17,19,27H,4,10-11H2,1-3H3,(H,25,31)(H,32,33)(H,34,35)(H2,24,26,36)/t15-,16?,17+,19?/m1/s1. The van der Waals surface area contributed by atoms with Crippen molar-refractivity contribution in [1.82, 2.24) is 26.2 Å². The molecule has 4 atom stereocenters. The number of likely N-dealkylation sites (N-methyl/N-ethyl adjacent to an activating group) is 1. The highest BCUT2D eigenvalue weighted by Gasteiger charge is 2.49. The molecule has 1 fully saturated rings. The van der Waals surface area contributed by atoms with Gasteiger partial charge in [-0.3, -0.25) is 24.5 Å². The van der Waals surface area contributed by atoms with E-state index >= 15 is 0 Å². The van der Waals surface area contributed by atoms with Crippen molar-refractivity contribution in [2.75, 3.05) is 19.6 Å². The first-order chi connectivity index (χ1) is 17.4. The molecule has 1 aromatic rings. The summed E-state index contributed by atoms with van der Waals surface area (Å²) in [6.07, 6.45) is 0.176. The lowest BCUT2D eigenvalue weighted by Gasteiger charge is -2.25. The fourth-order valence-corrected chi connectivity index (χ4v) is 5.25. The third kappa shape index (κ3) is 7.92. The number of carboxylic acid groups (broad SMARTS) is 2. The van der Waals surface area contributed by atoms with Crippen molar-refractivity contribution >= 4 is 47.8 Å². The number of carbonyl (C=O) groups excluding carboxylic acids is 4. The molecule has 1 saturated heterocycles. The molecule has 1 aliphatic heterocycles. The lowest BCUT2D eigenvalue weighted by molar-refractivity contribution is -0.143. The Bertz CT molecular complexity index is 1020. The quantitative estimate of drug-likeness (QED) is 0.150. The molecule has 1 aliphatic rings. The number of hydrogen-bond acceptors (Lipinski definition) is 8. The summed E-state index contributed by atoms with van der Waals surface area (Å²) >= 11 is 1.08. The second-order valence-corrected chi connectivity index (χ2v) is 10.5. The van der Waals surface area contributed by atoms with Crippen LogP contribution in [0.25, 0.3) is 0 Å². The molecule has 0 saturated carbocycles. The van der Waals surface area contributed by atoms with Gasteiger partial charge in [-0.05, 0) is 26.3 Å². The molecule has 0 aliphatic carbocycles. The lowest BCUT2D eigenvalue weighted by Crippen LogP contribution is -2.56. The summed E-state index contributed by atoms with van der Waals surface area (Å²) in [5.41, 5.74) is 0.376. The monoisotopic (exact) mass is 537 g/mol. The molecule has 37 heavy (non-hydrogen) atoms. The smallest absolute Gasteiger partial charge is 0.328 e. The zero-order chi connectivity index (χ0) is 27.8. The molecule has 1 aromatic carbocycles. The van der Waals surface area contributed by atoms with Crippen LogP contribution in [0.15, 0.2) is 30.3 Å². The molecule has 6 N–H and O–H groups in total. The van der Waals surface area contributed by atoms with E-state index in [1.54, 1.807) is 51.1 Å². The van der Waals surface area contributed by atoms with Crippen molar-refractivity contribution in [2.24, 2.45) is 0 Å². The Morgan fingerprint density at radius 2 is 1.78 bits per heavy atom. The summed E-state index contributed by atoms with van der Waals surface area (Å²) in [5.74, 6) is -4.07. The lowest BCUT2D eigenvalue weighted by atomic mass is 10.0. The fraction of sp³-hybridized carbons (Fsp3) is 0.478. The molecule has 13 nitrogen and oxygen atoms in total. The molecule has 4 amide bonds. The van der Waals surface area contributed by atoms with E-state index in [1.165, 1.54) is 4.90 Å². The molecule has 0 aromatic heterocycles. The summed E-state index contributed by atoms with van der Waals surface area (Å²) in [7, 11) is 0. The number of thioether (sulfide) groups is 1. The van der Waals surface area contributed by atoms with Crippen LogP contribution >= 0.6 is 11.8 Å². The number of urea groups is 1. The van der Waals surface area contributed by atoms with E-state index in [9.17, 15) is 39.0 Å². The van der Waals surface area contributed by atoms with E-state index in [4.69, 9.17) is 0 Å². The van der Waals surface area contributed by atoms with Crippen LogP contribution < -0.4 is 21.3 Å². The Labute approximate surface area is 217 Å². The number of carboxylic acids is 2. The maximum atomic E-state index is 13.2. The van der Waals surface area contributed by atoms with Gasteiger partial charge in [-0.2, -0.15) is 0 Å². The van der Waals surface area contributed by atoms with Gasteiger partial charge in [-0.1, -0.05) is 30.3 Å². The van der Waals surface area contributed by atoms with Crippen LogP contribution in [0.4, 0.5) is 4.79 Å². The van der Waals surface area contributed by atoms with Crippen LogP contribution in [0, 0.1) is 0 Å². The van der Waals surface area contributed by atoms with Crippen molar-refractivity contribution in [3.05, 3.63) is 35.9 Å². The van der Waals surface area contributed by atoms with Gasteiger partial charge >= 0.3 is 18.0 Å². The predicted octanol–water partition coefficient (Wildman–Crippen LogP) is -0.462. The number of rotatable bonds is 12. The normalized spacial score (nSPS) is 19.6. The van der Waals surface area contributed by atoms with Crippen molar-refractivity contribution in [1.29, 1.82) is 0 Å². The third-order valence-corrected chi connectivity index (χ3v) is 7.21. The largest absolute Gasteiger partial charge is 0.480 e. The first kappa shape index (κ1) is 29.6. The highest BCUT2D eigenvalue weighted by atomic mass is 32.2. The van der Waals surface area contributed by atoms with Crippen LogP contribution in [0.2, 0.25) is 0 Å². The second kappa shape index (κ2) is 13.1. The number of aldehydes is 1. The fourth-order valence-electron chi connectivity index (χ4n) is 3.76. The molecule has 1 heterocycles. The van der Waals surface area contributed by atoms with E-state index in [2.05, 4.69) is 21.3 Å². The van der Waals surface area contributed by atoms with E-state index in [1.807, 2.05) is 0 Å². The Kier molecular flexibility index (Phi) is 10.4. The topological polar surface area (TPSA) is 194 Å². The van der Waals surface area contributed by atoms with Crippen LogP contribution in [0.3, 0.4) is 0 Å². The summed E-state index contributed by atoms with van der Waals surface area (Å²) in [6, 6.07) is 3.57. The third-order valence-electron chi connectivity index (χ3n) is 5.70. The zero-order valence-electron chi connectivity index (χ0n) is 20.6. The molecule has 0 radical (unpaired) electrons. The van der Waals surface area contributed by atoms with Crippen molar-refractivity contribution in [3.8, 4) is 0 Å². The van der Waals surface area contributed by atoms with Crippen molar-refractivity contribution < 1.29 is 39.0 Å². The number of benzene rings is 1. The molecule has 202 valence electrons. The summed E-state index contributed by atoms with van der Waals surface area (Å²) in [5, 5.41) is 28.5. The van der Waals surface area contributed by atoms with Crippen LogP contribution in [-0.4, -0.2) is 93.0 Å². The van der Waals surface area contributed by atoms with Gasteiger partial charge in [0.25, 0.3) is 5.91 Å². The number of nitrogens with one attached hydrogen (secondary N) is 4. The molecule has 0 bridgehead atoms. The van der Waals surface area contributed by atoms with E-state index in [0.29, 0.717) is 5.56 Å². The van der Waals surface area contributed by atoms with Gasteiger partial charge in [0, 0.05) is 24.4 Å². The van der Waals surface area contributed by atoms with E-state index in [0.717, 1.165) is 11.8 Å². The number of amides is 4. The van der Waals surface area contributed by atoms with E-state index < -0.39 is 58.0 Å². The molecule has 2 rings (SSSR count). The Hall–Kier alpha value is -3.65. The molecule has 2 unspecified atom stereocenters. The first-order valence-corrected chi connectivity index (χ1v) is 12.3. The Balaban J connectivity index is 2.14. The Morgan fingerprint density at radius 3 is 2.30 bits per heavy atom. The van der Waals surface area contributed by atoms with Gasteiger partial charge in [0.05, 0.1) is 5.37 Å². The average Bonchev–Trinajstić information content (AvgIpc) is 3.18. The minimum Gasteiger partial charge on any atom is -0.480 e. The minimum absolute atomic E-state index is 0.00553. The molecule has 0 spiro atoms. The van der Waals surface area contributed by atoms with Crippen LogP contribution in [0.5, 0.6) is 0 Å². The van der Waals surface area contributed by atoms with Crippen molar-refractivity contribution in [3.63, 3.8) is 0 Å². The van der Waals surface area contributed by atoms with Gasteiger partial charge in [0.1, 0.15) is 12.1 Å². The highest BCUT2D eigenvalue weighted by Crippen LogP contribution is 2.39. The highest BCUT2D eigenvalue weighted by molar-refractivity contribution is 8.01. The predicted molar refractivity (Wildman–Crippen MR) is 134 cm³/mol.